The van der Waals surface area contributed by atoms with E-state index in [0.717, 1.165) is 0 Å². The summed E-state index contributed by atoms with van der Waals surface area (Å²) in [6.45, 7) is 3.70. The van der Waals surface area contributed by atoms with E-state index in [1.54, 1.807) is 19.1 Å². The maximum absolute atomic E-state index is 8.82. The first-order chi connectivity index (χ1) is 6.67. The Labute approximate surface area is 83.2 Å². The summed E-state index contributed by atoms with van der Waals surface area (Å²) in [6.07, 6.45) is 0. The molecule has 0 unspecified atom stereocenters. The molecule has 0 radical (unpaired) electrons. The summed E-state index contributed by atoms with van der Waals surface area (Å²) in [4.78, 5) is 4.19. The molecule has 0 aliphatic rings. The minimum absolute atomic E-state index is 0.0326. The average Bonchev–Trinajstić information content (AvgIpc) is 2.18. The number of aliphatic hydroxyl groups excluding tert-OH is 1. The molecule has 0 spiro atoms. The van der Waals surface area contributed by atoms with Crippen LogP contribution in [0.1, 0.15) is 18.2 Å². The Morgan fingerprint density at radius 2 is 2.36 bits per heavy atom. The molecule has 0 aliphatic carbocycles. The fraction of sp³-hybridized carbons (Fsp3) is 0.400. The van der Waals surface area contributed by atoms with Crippen molar-refractivity contribution < 1.29 is 5.11 Å². The Bertz CT molecular complexity index is 357. The van der Waals surface area contributed by atoms with E-state index >= 15 is 0 Å². The molecule has 74 valence electrons. The van der Waals surface area contributed by atoms with Gasteiger partial charge in [0, 0.05) is 6.04 Å². The van der Waals surface area contributed by atoms with Gasteiger partial charge in [0.15, 0.2) is 0 Å². The number of anilines is 1. The van der Waals surface area contributed by atoms with Crippen LogP contribution in [0.4, 0.5) is 5.82 Å². The Hall–Kier alpha value is -1.60. The van der Waals surface area contributed by atoms with Crippen LogP contribution in [0.3, 0.4) is 0 Å². The molecular weight excluding hydrogens is 178 g/mol. The van der Waals surface area contributed by atoms with Crippen LogP contribution in [0, 0.1) is 18.3 Å². The molecule has 1 heterocycles. The van der Waals surface area contributed by atoms with Crippen molar-refractivity contribution in [1.82, 2.24) is 4.98 Å². The van der Waals surface area contributed by atoms with Crippen molar-refractivity contribution in [1.29, 1.82) is 5.26 Å². The summed E-state index contributed by atoms with van der Waals surface area (Å²) < 4.78 is 0. The standard InChI is InChI=1S/C10H13N3O/c1-7(6-14)12-10-4-3-9(5-11)8(2)13-10/h3-4,7,14H,6H2,1-2H3,(H,12,13)/t7-/m0/s1. The van der Waals surface area contributed by atoms with Gasteiger partial charge in [-0.1, -0.05) is 0 Å². The lowest BCUT2D eigenvalue weighted by Crippen LogP contribution is -2.20. The van der Waals surface area contributed by atoms with E-state index in [4.69, 9.17) is 10.4 Å². The van der Waals surface area contributed by atoms with Crippen LogP contribution in [-0.2, 0) is 0 Å². The van der Waals surface area contributed by atoms with Crippen molar-refractivity contribution in [3.05, 3.63) is 23.4 Å². The minimum Gasteiger partial charge on any atom is -0.394 e. The molecule has 0 amide bonds. The van der Waals surface area contributed by atoms with Gasteiger partial charge in [-0.2, -0.15) is 5.26 Å². The third kappa shape index (κ3) is 2.44. The molecule has 0 bridgehead atoms. The van der Waals surface area contributed by atoms with Crippen molar-refractivity contribution >= 4 is 5.82 Å². The zero-order valence-electron chi connectivity index (χ0n) is 8.28. The van der Waals surface area contributed by atoms with Gasteiger partial charge in [0.05, 0.1) is 17.9 Å². The summed E-state index contributed by atoms with van der Waals surface area (Å²) in [5, 5.41) is 20.5. The van der Waals surface area contributed by atoms with E-state index in [0.29, 0.717) is 17.1 Å². The van der Waals surface area contributed by atoms with Gasteiger partial charge in [-0.3, -0.25) is 0 Å². The number of nitriles is 1. The monoisotopic (exact) mass is 191 g/mol. The number of nitrogens with zero attached hydrogens (tertiary/aromatic N) is 2. The molecule has 1 aromatic heterocycles. The van der Waals surface area contributed by atoms with Crippen LogP contribution in [0.5, 0.6) is 0 Å². The second-order valence-electron chi connectivity index (χ2n) is 3.17. The molecule has 1 aromatic rings. The summed E-state index contributed by atoms with van der Waals surface area (Å²) in [5.41, 5.74) is 1.27. The summed E-state index contributed by atoms with van der Waals surface area (Å²) in [5.74, 6) is 0.683. The Kier molecular flexibility index (Phi) is 3.43. The second-order valence-corrected chi connectivity index (χ2v) is 3.17. The largest absolute Gasteiger partial charge is 0.394 e. The maximum atomic E-state index is 8.82. The zero-order chi connectivity index (χ0) is 10.6. The fourth-order valence-corrected chi connectivity index (χ4v) is 1.06. The fourth-order valence-electron chi connectivity index (χ4n) is 1.06. The van der Waals surface area contributed by atoms with Crippen LogP contribution < -0.4 is 5.32 Å². The van der Waals surface area contributed by atoms with Crippen LogP contribution >= 0.6 is 0 Å². The van der Waals surface area contributed by atoms with E-state index in [2.05, 4.69) is 16.4 Å². The van der Waals surface area contributed by atoms with Gasteiger partial charge in [0.1, 0.15) is 11.9 Å². The van der Waals surface area contributed by atoms with E-state index in [9.17, 15) is 0 Å². The van der Waals surface area contributed by atoms with Crippen LogP contribution in [0.25, 0.3) is 0 Å². The van der Waals surface area contributed by atoms with Gasteiger partial charge in [-0.15, -0.1) is 0 Å². The normalized spacial score (nSPS) is 11.9. The molecule has 4 heteroatoms. The lowest BCUT2D eigenvalue weighted by Gasteiger charge is -2.11. The molecule has 2 N–H and O–H groups in total. The van der Waals surface area contributed by atoms with E-state index in [1.165, 1.54) is 0 Å². The topological polar surface area (TPSA) is 68.9 Å². The highest BCUT2D eigenvalue weighted by Crippen LogP contribution is 2.10. The van der Waals surface area contributed by atoms with Gasteiger partial charge in [-0.05, 0) is 26.0 Å². The first-order valence-electron chi connectivity index (χ1n) is 4.42. The molecular formula is C10H13N3O. The Morgan fingerprint density at radius 1 is 1.64 bits per heavy atom. The van der Waals surface area contributed by atoms with Gasteiger partial charge in [0.25, 0.3) is 0 Å². The average molecular weight is 191 g/mol. The number of nitrogens with one attached hydrogen (secondary N) is 1. The van der Waals surface area contributed by atoms with Crippen LogP contribution in [0.2, 0.25) is 0 Å². The third-order valence-electron chi connectivity index (χ3n) is 1.87. The first-order valence-corrected chi connectivity index (χ1v) is 4.42. The molecule has 0 aromatic carbocycles. The number of rotatable bonds is 3. The van der Waals surface area contributed by atoms with Crippen molar-refractivity contribution in [3.8, 4) is 6.07 Å². The number of aryl methyl sites for hydroxylation is 1. The molecule has 1 atom stereocenters. The molecule has 0 saturated carbocycles. The van der Waals surface area contributed by atoms with Crippen molar-refractivity contribution in [3.63, 3.8) is 0 Å². The molecule has 4 nitrogen and oxygen atoms in total. The number of aromatic nitrogens is 1. The predicted octanol–water partition coefficient (Wildman–Crippen LogP) is 1.05. The lowest BCUT2D eigenvalue weighted by atomic mass is 10.2. The highest BCUT2D eigenvalue weighted by atomic mass is 16.3. The quantitative estimate of drug-likeness (QED) is 0.749. The van der Waals surface area contributed by atoms with E-state index in [-0.39, 0.29) is 12.6 Å². The molecule has 0 saturated heterocycles. The van der Waals surface area contributed by atoms with E-state index in [1.807, 2.05) is 6.92 Å². The van der Waals surface area contributed by atoms with Crippen molar-refractivity contribution in [2.45, 2.75) is 19.9 Å². The summed E-state index contributed by atoms with van der Waals surface area (Å²) >= 11 is 0. The zero-order valence-corrected chi connectivity index (χ0v) is 8.28. The third-order valence-corrected chi connectivity index (χ3v) is 1.87. The van der Waals surface area contributed by atoms with Crippen LogP contribution in [0.15, 0.2) is 12.1 Å². The highest BCUT2D eigenvalue weighted by molar-refractivity contribution is 5.43. The maximum Gasteiger partial charge on any atom is 0.126 e. The van der Waals surface area contributed by atoms with Gasteiger partial charge >= 0.3 is 0 Å². The second kappa shape index (κ2) is 4.58. The Balaban J connectivity index is 2.82. The highest BCUT2D eigenvalue weighted by Gasteiger charge is 2.03. The summed E-state index contributed by atoms with van der Waals surface area (Å²) in [6, 6.07) is 5.47. The SMILES string of the molecule is Cc1nc(N[C@@H](C)CO)ccc1C#N. The summed E-state index contributed by atoms with van der Waals surface area (Å²) in [7, 11) is 0. The van der Waals surface area contributed by atoms with Crippen molar-refractivity contribution in [2.75, 3.05) is 11.9 Å². The molecule has 14 heavy (non-hydrogen) atoms. The first kappa shape index (κ1) is 10.5. The molecule has 1 rings (SSSR count). The molecule has 0 aliphatic heterocycles. The smallest absolute Gasteiger partial charge is 0.126 e. The number of pyridine rings is 1. The number of aliphatic hydroxyl groups is 1. The number of hydrogen-bond acceptors (Lipinski definition) is 4. The lowest BCUT2D eigenvalue weighted by molar-refractivity contribution is 0.281. The molecule has 0 fully saturated rings. The van der Waals surface area contributed by atoms with Crippen molar-refractivity contribution in [2.24, 2.45) is 0 Å². The Morgan fingerprint density at radius 3 is 2.86 bits per heavy atom. The predicted molar refractivity (Wildman–Crippen MR) is 53.9 cm³/mol. The van der Waals surface area contributed by atoms with Gasteiger partial charge < -0.3 is 10.4 Å². The van der Waals surface area contributed by atoms with Gasteiger partial charge in [0.2, 0.25) is 0 Å². The minimum atomic E-state index is -0.0326. The van der Waals surface area contributed by atoms with E-state index < -0.39 is 0 Å². The number of hydrogen-bond donors (Lipinski definition) is 2. The van der Waals surface area contributed by atoms with Gasteiger partial charge in [-0.25, -0.2) is 4.98 Å². The van der Waals surface area contributed by atoms with Crippen LogP contribution in [-0.4, -0.2) is 22.7 Å².